The van der Waals surface area contributed by atoms with Gasteiger partial charge < -0.3 is 15.1 Å². The highest BCUT2D eigenvalue weighted by molar-refractivity contribution is 6.25. The number of nitriles is 1. The number of aromatic nitrogens is 1. The molecule has 2 bridgehead atoms. The SMILES string of the molecule is N#Cc1ccc(N2C(=O)[C@@H]3C4C[C@H](CN4C(=O)Nc4cccc5ccccc45)N3C2=O)c2cccnc12. The van der Waals surface area contributed by atoms with Crippen LogP contribution in [0.4, 0.5) is 21.0 Å². The number of amides is 5. The Bertz CT molecular complexity index is 1690. The van der Waals surface area contributed by atoms with Gasteiger partial charge in [-0.1, -0.05) is 36.4 Å². The van der Waals surface area contributed by atoms with E-state index in [0.29, 0.717) is 40.8 Å². The fraction of sp³-hybridized carbons (Fsp3) is 0.179. The molecule has 5 amide bonds. The van der Waals surface area contributed by atoms with Gasteiger partial charge in [-0.15, -0.1) is 0 Å². The topological polar surface area (TPSA) is 110 Å². The molecule has 4 heterocycles. The van der Waals surface area contributed by atoms with Gasteiger partial charge in [-0.05, 0) is 42.1 Å². The van der Waals surface area contributed by atoms with Crippen LogP contribution in [0, 0.1) is 11.3 Å². The Labute approximate surface area is 211 Å². The number of nitrogens with one attached hydrogen (secondary N) is 1. The number of imide groups is 1. The minimum atomic E-state index is -0.744. The average molecular weight is 489 g/mol. The van der Waals surface area contributed by atoms with Gasteiger partial charge in [0.15, 0.2) is 0 Å². The third kappa shape index (κ3) is 2.96. The van der Waals surface area contributed by atoms with E-state index in [0.717, 1.165) is 10.8 Å². The third-order valence-corrected chi connectivity index (χ3v) is 7.66. The Kier molecular flexibility index (Phi) is 4.48. The van der Waals surface area contributed by atoms with Crippen LogP contribution in [0.15, 0.2) is 72.9 Å². The smallest absolute Gasteiger partial charge is 0.317 e. The second-order valence-corrected chi connectivity index (χ2v) is 9.52. The number of nitrogens with zero attached hydrogens (tertiary/aromatic N) is 5. The molecule has 1 aromatic heterocycles. The average Bonchev–Trinajstić information content (AvgIpc) is 3.60. The molecule has 4 aromatic rings. The molecule has 1 unspecified atom stereocenters. The summed E-state index contributed by atoms with van der Waals surface area (Å²) in [5.41, 5.74) is 1.91. The first kappa shape index (κ1) is 21.3. The van der Waals surface area contributed by atoms with Gasteiger partial charge in [0.2, 0.25) is 0 Å². The number of benzene rings is 3. The molecule has 0 saturated carbocycles. The summed E-state index contributed by atoms with van der Waals surface area (Å²) in [6.45, 7) is 0.361. The predicted octanol–water partition coefficient (Wildman–Crippen LogP) is 4.09. The van der Waals surface area contributed by atoms with Crippen molar-refractivity contribution in [2.24, 2.45) is 0 Å². The normalized spacial score (nSPS) is 22.1. The van der Waals surface area contributed by atoms with E-state index in [2.05, 4.69) is 16.4 Å². The van der Waals surface area contributed by atoms with Crippen molar-refractivity contribution in [3.8, 4) is 6.07 Å². The summed E-state index contributed by atoms with van der Waals surface area (Å²) in [5, 5.41) is 15.0. The summed E-state index contributed by atoms with van der Waals surface area (Å²) in [6, 6.07) is 20.2. The van der Waals surface area contributed by atoms with Crippen molar-refractivity contribution >= 4 is 51.0 Å². The molecule has 3 aliphatic heterocycles. The number of carbonyl (C=O) groups excluding carboxylic acids is 3. The van der Waals surface area contributed by atoms with E-state index in [4.69, 9.17) is 0 Å². The lowest BCUT2D eigenvalue weighted by atomic mass is 10.1. The monoisotopic (exact) mass is 488 g/mol. The lowest BCUT2D eigenvalue weighted by Crippen LogP contribution is -2.55. The Morgan fingerprint density at radius 3 is 2.68 bits per heavy atom. The van der Waals surface area contributed by atoms with Crippen molar-refractivity contribution in [2.75, 3.05) is 16.8 Å². The van der Waals surface area contributed by atoms with Gasteiger partial charge in [-0.3, -0.25) is 9.78 Å². The molecule has 0 radical (unpaired) electrons. The van der Waals surface area contributed by atoms with Crippen molar-refractivity contribution < 1.29 is 14.4 Å². The number of carbonyl (C=O) groups is 3. The highest BCUT2D eigenvalue weighted by atomic mass is 16.2. The van der Waals surface area contributed by atoms with Crippen LogP contribution < -0.4 is 10.2 Å². The standard InChI is InChI=1S/C28H20N6O3/c29-14-17-10-11-22(20-8-4-12-30-24(17)20)34-26(35)25-23-13-18(33(25)28(34)37)15-32(23)27(36)31-21-9-3-6-16-5-1-2-7-19(16)21/h1-12,18,23,25H,13,15H2,(H,31,36)/t18-,23?,25+/m1/s1. The maximum absolute atomic E-state index is 13.7. The van der Waals surface area contributed by atoms with Crippen LogP contribution in [0.5, 0.6) is 0 Å². The van der Waals surface area contributed by atoms with Crippen molar-refractivity contribution in [3.63, 3.8) is 0 Å². The number of hydrogen-bond donors (Lipinski definition) is 1. The Hall–Kier alpha value is -4.97. The minimum absolute atomic E-state index is 0.238. The quantitative estimate of drug-likeness (QED) is 0.428. The molecule has 37 heavy (non-hydrogen) atoms. The maximum Gasteiger partial charge on any atom is 0.332 e. The van der Waals surface area contributed by atoms with Gasteiger partial charge in [-0.2, -0.15) is 5.26 Å². The van der Waals surface area contributed by atoms with E-state index in [-0.39, 0.29) is 18.0 Å². The number of likely N-dealkylation sites (tertiary alicyclic amines) is 1. The van der Waals surface area contributed by atoms with E-state index >= 15 is 0 Å². The number of hydrogen-bond acceptors (Lipinski definition) is 5. The molecule has 9 heteroatoms. The zero-order valence-corrected chi connectivity index (χ0v) is 19.5. The van der Waals surface area contributed by atoms with E-state index < -0.39 is 18.1 Å². The summed E-state index contributed by atoms with van der Waals surface area (Å²) < 4.78 is 0. The Morgan fingerprint density at radius 1 is 1.00 bits per heavy atom. The number of fused-ring (bicyclic) bond motifs is 7. The predicted molar refractivity (Wildman–Crippen MR) is 137 cm³/mol. The highest BCUT2D eigenvalue weighted by Crippen LogP contribution is 2.43. The Morgan fingerprint density at radius 2 is 1.81 bits per heavy atom. The molecule has 3 aromatic carbocycles. The van der Waals surface area contributed by atoms with E-state index in [9.17, 15) is 19.6 Å². The van der Waals surface area contributed by atoms with Gasteiger partial charge in [0.1, 0.15) is 12.1 Å². The zero-order chi connectivity index (χ0) is 25.3. The van der Waals surface area contributed by atoms with Gasteiger partial charge >= 0.3 is 12.1 Å². The largest absolute Gasteiger partial charge is 0.332 e. The van der Waals surface area contributed by atoms with Crippen molar-refractivity contribution in [2.45, 2.75) is 24.5 Å². The molecule has 180 valence electrons. The van der Waals surface area contributed by atoms with Crippen LogP contribution in [-0.2, 0) is 4.79 Å². The molecule has 0 spiro atoms. The van der Waals surface area contributed by atoms with Gasteiger partial charge in [0, 0.05) is 23.5 Å². The fourth-order valence-electron chi connectivity index (χ4n) is 6.08. The van der Waals surface area contributed by atoms with Crippen molar-refractivity contribution in [1.29, 1.82) is 5.26 Å². The third-order valence-electron chi connectivity index (χ3n) is 7.66. The molecular formula is C28H20N6O3. The maximum atomic E-state index is 13.7. The molecule has 7 rings (SSSR count). The number of anilines is 2. The molecule has 1 N–H and O–H groups in total. The summed E-state index contributed by atoms with van der Waals surface area (Å²) in [7, 11) is 0. The molecule has 3 atom stereocenters. The number of rotatable bonds is 2. The second kappa shape index (κ2) is 7.77. The fourth-order valence-corrected chi connectivity index (χ4v) is 6.08. The van der Waals surface area contributed by atoms with Crippen LogP contribution in [0.3, 0.4) is 0 Å². The first-order valence-corrected chi connectivity index (χ1v) is 12.1. The molecule has 3 aliphatic rings. The zero-order valence-electron chi connectivity index (χ0n) is 19.5. The van der Waals surface area contributed by atoms with Crippen LogP contribution in [0.25, 0.3) is 21.7 Å². The lowest BCUT2D eigenvalue weighted by Gasteiger charge is -2.34. The van der Waals surface area contributed by atoms with Gasteiger partial charge in [0.05, 0.1) is 34.5 Å². The molecular weight excluding hydrogens is 468 g/mol. The first-order valence-electron chi connectivity index (χ1n) is 12.1. The summed E-state index contributed by atoms with van der Waals surface area (Å²) in [4.78, 5) is 49.4. The highest BCUT2D eigenvalue weighted by Gasteiger charge is 2.63. The Balaban J connectivity index is 1.20. The molecule has 0 aliphatic carbocycles. The van der Waals surface area contributed by atoms with E-state index in [1.165, 1.54) is 4.90 Å². The van der Waals surface area contributed by atoms with Crippen LogP contribution in [0.1, 0.15) is 12.0 Å². The minimum Gasteiger partial charge on any atom is -0.317 e. The van der Waals surface area contributed by atoms with E-state index in [1.807, 2.05) is 42.5 Å². The van der Waals surface area contributed by atoms with Crippen LogP contribution >= 0.6 is 0 Å². The molecule has 3 saturated heterocycles. The van der Waals surface area contributed by atoms with Crippen molar-refractivity contribution in [1.82, 2.24) is 14.8 Å². The second-order valence-electron chi connectivity index (χ2n) is 9.52. The number of urea groups is 2. The lowest BCUT2D eigenvalue weighted by molar-refractivity contribution is -0.120. The molecule has 9 nitrogen and oxygen atoms in total. The van der Waals surface area contributed by atoms with Crippen molar-refractivity contribution in [3.05, 3.63) is 78.5 Å². The number of piperazine rings is 1. The van der Waals surface area contributed by atoms with Crippen LogP contribution in [0.2, 0.25) is 0 Å². The number of pyridine rings is 1. The molecule has 3 fully saturated rings. The summed E-state index contributed by atoms with van der Waals surface area (Å²) >= 11 is 0. The van der Waals surface area contributed by atoms with Gasteiger partial charge in [0.25, 0.3) is 5.91 Å². The summed E-state index contributed by atoms with van der Waals surface area (Å²) in [6.07, 6.45) is 2.14. The van der Waals surface area contributed by atoms with Crippen LogP contribution in [-0.4, -0.2) is 57.4 Å². The van der Waals surface area contributed by atoms with Gasteiger partial charge in [-0.25, -0.2) is 14.5 Å². The van der Waals surface area contributed by atoms with E-state index in [1.54, 1.807) is 40.3 Å². The summed E-state index contributed by atoms with van der Waals surface area (Å²) in [5.74, 6) is -0.366. The first-order chi connectivity index (χ1) is 18.1.